The molecule has 9 heteroatoms. The highest BCUT2D eigenvalue weighted by atomic mass is 32.2. The molecular weight excluding hydrogens is 569 g/mol. The molecule has 0 bridgehead atoms. The summed E-state index contributed by atoms with van der Waals surface area (Å²) in [5.74, 6) is -1.38. The van der Waals surface area contributed by atoms with Crippen LogP contribution < -0.4 is 5.32 Å². The van der Waals surface area contributed by atoms with Crippen molar-refractivity contribution in [1.29, 1.82) is 0 Å². The normalized spacial score (nSPS) is 19.7. The number of carbonyl (C=O) groups is 3. The number of ether oxygens (including phenoxy) is 1. The molecule has 1 N–H and O–H groups in total. The highest BCUT2D eigenvalue weighted by Gasteiger charge is 2.57. The molecule has 3 aromatic carbocycles. The first kappa shape index (κ1) is 27.8. The number of nitrogens with zero attached hydrogens (tertiary/aromatic N) is 1. The summed E-state index contributed by atoms with van der Waals surface area (Å²) in [5, 5.41) is 3.85. The maximum Gasteiger partial charge on any atom is 0.356 e. The molecule has 1 fully saturated rings. The van der Waals surface area contributed by atoms with Crippen LogP contribution in [0.2, 0.25) is 0 Å². The number of nitrogens with one attached hydrogen (secondary N) is 1. The van der Waals surface area contributed by atoms with Crippen molar-refractivity contribution in [3.8, 4) is 0 Å². The van der Waals surface area contributed by atoms with Gasteiger partial charge in [-0.05, 0) is 33.7 Å². The number of β-lactam (4-membered cyclic amide) rings is 1. The molecule has 7 nitrogen and oxygen atoms in total. The summed E-state index contributed by atoms with van der Waals surface area (Å²) >= 11 is 1.52. The Kier molecular flexibility index (Phi) is 8.12. The lowest BCUT2D eigenvalue weighted by Crippen LogP contribution is -2.73. The maximum absolute atomic E-state index is 14.0. The molecule has 1 aromatic heterocycles. The van der Waals surface area contributed by atoms with Crippen LogP contribution in [0.15, 0.2) is 120 Å². The minimum Gasteiger partial charge on any atom is -0.448 e. The summed E-state index contributed by atoms with van der Waals surface area (Å²) in [4.78, 5) is 42.7. The van der Waals surface area contributed by atoms with Gasteiger partial charge in [-0.25, -0.2) is 4.79 Å². The lowest BCUT2D eigenvalue weighted by molar-refractivity contribution is -0.154. The molecule has 3 heterocycles. The first-order valence-electron chi connectivity index (χ1n) is 13.6. The number of rotatable bonds is 9. The zero-order valence-corrected chi connectivity index (χ0v) is 24.2. The monoisotopic (exact) mass is 596 g/mol. The number of carbonyl (C=O) groups excluding carboxylic acids is 3. The summed E-state index contributed by atoms with van der Waals surface area (Å²) in [5.41, 5.74) is 3.07. The topological polar surface area (TPSA) is 92.8 Å². The van der Waals surface area contributed by atoms with E-state index < -0.39 is 40.2 Å². The third-order valence-electron chi connectivity index (χ3n) is 7.32. The van der Waals surface area contributed by atoms with Gasteiger partial charge in [0.05, 0.1) is 17.2 Å². The smallest absolute Gasteiger partial charge is 0.356 e. The largest absolute Gasteiger partial charge is 0.448 e. The van der Waals surface area contributed by atoms with Crippen LogP contribution in [0.1, 0.15) is 27.7 Å². The zero-order valence-electron chi connectivity index (χ0n) is 22.6. The van der Waals surface area contributed by atoms with E-state index in [0.717, 1.165) is 21.6 Å². The predicted molar refractivity (Wildman–Crippen MR) is 162 cm³/mol. The molecule has 2 aliphatic heterocycles. The third-order valence-corrected chi connectivity index (χ3v) is 9.85. The number of benzene rings is 3. The summed E-state index contributed by atoms with van der Waals surface area (Å²) in [6, 6.07) is 30.9. The number of esters is 1. The molecule has 42 heavy (non-hydrogen) atoms. The molecule has 212 valence electrons. The van der Waals surface area contributed by atoms with E-state index in [-0.39, 0.29) is 23.8 Å². The van der Waals surface area contributed by atoms with Crippen LogP contribution in [-0.2, 0) is 42.8 Å². The molecule has 2 amide bonds. The molecule has 0 spiro atoms. The molecule has 0 saturated carbocycles. The van der Waals surface area contributed by atoms with Crippen molar-refractivity contribution in [2.75, 3.05) is 5.75 Å². The van der Waals surface area contributed by atoms with Crippen molar-refractivity contribution in [1.82, 2.24) is 10.2 Å². The number of fused-ring (bicyclic) bond motifs is 1. The van der Waals surface area contributed by atoms with Crippen molar-refractivity contribution in [2.45, 2.75) is 30.4 Å². The molecule has 1 saturated heterocycles. The van der Waals surface area contributed by atoms with Gasteiger partial charge in [0, 0.05) is 17.1 Å². The van der Waals surface area contributed by atoms with Crippen LogP contribution >= 0.6 is 11.3 Å². The third kappa shape index (κ3) is 5.70. The first-order chi connectivity index (χ1) is 20.5. The van der Waals surface area contributed by atoms with Gasteiger partial charge < -0.3 is 10.1 Å². The predicted octanol–water partition coefficient (Wildman–Crippen LogP) is 4.54. The van der Waals surface area contributed by atoms with Crippen LogP contribution in [0.4, 0.5) is 0 Å². The Morgan fingerprint density at radius 3 is 2.12 bits per heavy atom. The van der Waals surface area contributed by atoms with Gasteiger partial charge in [-0.2, -0.15) is 0 Å². The highest BCUT2D eigenvalue weighted by molar-refractivity contribution is 7.86. The number of hydrogen-bond acceptors (Lipinski definition) is 6. The second kappa shape index (κ2) is 12.3. The average Bonchev–Trinajstić information content (AvgIpc) is 3.53. The zero-order chi connectivity index (χ0) is 29.1. The summed E-state index contributed by atoms with van der Waals surface area (Å²) in [7, 11) is -1.53. The average molecular weight is 597 g/mol. The molecule has 2 aliphatic rings. The Balaban J connectivity index is 1.30. The van der Waals surface area contributed by atoms with Crippen LogP contribution in [0.25, 0.3) is 0 Å². The number of hydrogen-bond donors (Lipinski definition) is 1. The van der Waals surface area contributed by atoms with Gasteiger partial charge in [0.25, 0.3) is 5.91 Å². The molecule has 4 aromatic rings. The van der Waals surface area contributed by atoms with E-state index >= 15 is 0 Å². The van der Waals surface area contributed by atoms with Crippen molar-refractivity contribution in [2.24, 2.45) is 0 Å². The van der Waals surface area contributed by atoms with E-state index in [1.807, 2.05) is 109 Å². The highest BCUT2D eigenvalue weighted by Crippen LogP contribution is 2.38. The molecular formula is C33H28N2O5S2. The van der Waals surface area contributed by atoms with Gasteiger partial charge >= 0.3 is 5.97 Å². The van der Waals surface area contributed by atoms with Gasteiger partial charge in [0.1, 0.15) is 17.1 Å². The lowest BCUT2D eigenvalue weighted by Gasteiger charge is -2.49. The van der Waals surface area contributed by atoms with E-state index in [2.05, 4.69) is 5.32 Å². The van der Waals surface area contributed by atoms with Gasteiger partial charge in [0.15, 0.2) is 6.10 Å². The van der Waals surface area contributed by atoms with Crippen molar-refractivity contribution >= 4 is 39.9 Å². The van der Waals surface area contributed by atoms with Crippen LogP contribution in [-0.4, -0.2) is 44.1 Å². The maximum atomic E-state index is 14.0. The lowest BCUT2D eigenvalue weighted by atomic mass is 9.99. The van der Waals surface area contributed by atoms with Gasteiger partial charge in [-0.15, -0.1) is 11.3 Å². The second-order valence-electron chi connectivity index (χ2n) is 10.1. The minimum atomic E-state index is -1.53. The van der Waals surface area contributed by atoms with Crippen LogP contribution in [0.3, 0.4) is 0 Å². The Bertz CT molecular complexity index is 1600. The van der Waals surface area contributed by atoms with E-state index in [9.17, 15) is 18.6 Å². The van der Waals surface area contributed by atoms with Gasteiger partial charge in [-0.1, -0.05) is 97.1 Å². The summed E-state index contributed by atoms with van der Waals surface area (Å²) in [6.45, 7) is 0. The number of thiophene rings is 1. The Hall–Kier alpha value is -4.34. The van der Waals surface area contributed by atoms with E-state index in [1.54, 1.807) is 0 Å². The summed E-state index contributed by atoms with van der Waals surface area (Å²) in [6.07, 6.45) is -0.246. The van der Waals surface area contributed by atoms with E-state index in [4.69, 9.17) is 4.74 Å². The molecule has 6 rings (SSSR count). The Morgan fingerprint density at radius 2 is 1.52 bits per heavy atom. The molecule has 0 aliphatic carbocycles. The fraction of sp³-hybridized carbons (Fsp3) is 0.182. The van der Waals surface area contributed by atoms with Gasteiger partial charge in [-0.3, -0.25) is 18.7 Å². The van der Waals surface area contributed by atoms with Crippen molar-refractivity contribution < 1.29 is 23.3 Å². The minimum absolute atomic E-state index is 0.0914. The fourth-order valence-electron chi connectivity index (χ4n) is 5.35. The van der Waals surface area contributed by atoms with Crippen molar-refractivity contribution in [3.05, 3.63) is 141 Å². The molecule has 0 radical (unpaired) electrons. The quantitative estimate of drug-likeness (QED) is 0.226. The Morgan fingerprint density at radius 1 is 0.905 bits per heavy atom. The van der Waals surface area contributed by atoms with E-state index in [1.165, 1.54) is 16.2 Å². The number of amides is 2. The molecule has 1 unspecified atom stereocenters. The van der Waals surface area contributed by atoms with Crippen LogP contribution in [0.5, 0.6) is 0 Å². The first-order valence-corrected chi connectivity index (χ1v) is 15.8. The Labute approximate surface area is 250 Å². The SMILES string of the molecule is O=C(Cc1ccccc1)N[C@@H]1C(=O)N2C(C(=O)OC(c3ccccc3)c3ccccc3)=C(Cc3cccs3)CS(=O)[C@@H]12. The second-order valence-corrected chi connectivity index (χ2v) is 12.7. The van der Waals surface area contributed by atoms with Crippen molar-refractivity contribution in [3.63, 3.8) is 0 Å². The van der Waals surface area contributed by atoms with E-state index in [0.29, 0.717) is 12.0 Å². The van der Waals surface area contributed by atoms with Gasteiger partial charge in [0.2, 0.25) is 5.91 Å². The fourth-order valence-corrected chi connectivity index (χ4v) is 7.79. The van der Waals surface area contributed by atoms with Crippen LogP contribution in [0, 0.1) is 0 Å². The standard InChI is InChI=1S/C33H28N2O5S2/c36-27(19-22-11-4-1-5-12-22)34-28-31(37)35-29(25(21-42(39)32(28)35)20-26-17-10-18-41-26)33(38)40-30(23-13-6-2-7-14-23)24-15-8-3-9-16-24/h1-18,28,30,32H,19-21H2,(H,34,36)/t28-,32+,42?/m1/s1. The molecule has 3 atom stereocenters. The summed E-state index contributed by atoms with van der Waals surface area (Å²) < 4.78 is 19.7.